The number of para-hydroxylation sites is 2. The van der Waals surface area contributed by atoms with E-state index in [1.807, 2.05) is 0 Å². The van der Waals surface area contributed by atoms with Gasteiger partial charge in [-0.05, 0) is 30.4 Å². The molecule has 2 aromatic rings. The van der Waals surface area contributed by atoms with Crippen molar-refractivity contribution < 1.29 is 19.8 Å². The average molecular weight is 283 g/mol. The molecule has 0 heterocycles. The van der Waals surface area contributed by atoms with Crippen LogP contribution in [0.15, 0.2) is 48.5 Å². The van der Waals surface area contributed by atoms with Crippen molar-refractivity contribution in [2.45, 2.75) is 0 Å². The Morgan fingerprint density at radius 3 is 2.33 bits per heavy atom. The van der Waals surface area contributed by atoms with E-state index in [0.717, 1.165) is 0 Å². The third-order valence-corrected chi connectivity index (χ3v) is 2.95. The molecule has 0 bridgehead atoms. The summed E-state index contributed by atoms with van der Waals surface area (Å²) in [4.78, 5) is 23.1. The van der Waals surface area contributed by atoms with Gasteiger partial charge >= 0.3 is 5.97 Å². The lowest BCUT2D eigenvalue weighted by molar-refractivity contribution is 0.0698. The van der Waals surface area contributed by atoms with E-state index in [2.05, 4.69) is 0 Å². The number of phenolic OH excluding ortho intramolecular Hbond substituents is 1. The summed E-state index contributed by atoms with van der Waals surface area (Å²) in [5.41, 5.74) is 6.11. The lowest BCUT2D eigenvalue weighted by Gasteiger charge is -2.05. The van der Waals surface area contributed by atoms with Gasteiger partial charge in [0.2, 0.25) is 0 Å². The van der Waals surface area contributed by atoms with E-state index in [4.69, 9.17) is 10.8 Å². The molecule has 106 valence electrons. The molecular formula is C16H13NO4. The number of anilines is 1. The van der Waals surface area contributed by atoms with Crippen LogP contribution in [0.4, 0.5) is 5.69 Å². The Morgan fingerprint density at radius 2 is 1.67 bits per heavy atom. The van der Waals surface area contributed by atoms with Crippen LogP contribution in [0, 0.1) is 0 Å². The van der Waals surface area contributed by atoms with Gasteiger partial charge in [0.05, 0.1) is 11.3 Å². The molecule has 0 radical (unpaired) electrons. The molecule has 0 fully saturated rings. The molecule has 0 aliphatic heterocycles. The molecule has 21 heavy (non-hydrogen) atoms. The van der Waals surface area contributed by atoms with E-state index in [-0.39, 0.29) is 22.6 Å². The summed E-state index contributed by atoms with van der Waals surface area (Å²) in [7, 11) is 0. The van der Waals surface area contributed by atoms with Crippen LogP contribution in [0.2, 0.25) is 0 Å². The molecule has 0 atom stereocenters. The van der Waals surface area contributed by atoms with Crippen LogP contribution in [-0.4, -0.2) is 22.0 Å². The third-order valence-electron chi connectivity index (χ3n) is 2.95. The van der Waals surface area contributed by atoms with Gasteiger partial charge in [0, 0.05) is 11.1 Å². The summed E-state index contributed by atoms with van der Waals surface area (Å²) in [6.45, 7) is 0. The van der Waals surface area contributed by atoms with Gasteiger partial charge in [0.1, 0.15) is 5.75 Å². The summed E-state index contributed by atoms with van der Waals surface area (Å²) in [5, 5.41) is 18.6. The fourth-order valence-electron chi connectivity index (χ4n) is 1.85. The summed E-state index contributed by atoms with van der Waals surface area (Å²) < 4.78 is 0. The zero-order chi connectivity index (χ0) is 15.4. The highest BCUT2D eigenvalue weighted by Gasteiger charge is 2.14. The average Bonchev–Trinajstić information content (AvgIpc) is 2.46. The zero-order valence-electron chi connectivity index (χ0n) is 11.0. The molecule has 4 N–H and O–H groups in total. The van der Waals surface area contributed by atoms with E-state index in [0.29, 0.717) is 5.56 Å². The fourth-order valence-corrected chi connectivity index (χ4v) is 1.85. The largest absolute Gasteiger partial charge is 0.507 e. The van der Waals surface area contributed by atoms with Crippen molar-refractivity contribution >= 4 is 23.5 Å². The molecule has 5 heteroatoms. The van der Waals surface area contributed by atoms with E-state index in [1.54, 1.807) is 18.2 Å². The van der Waals surface area contributed by atoms with Gasteiger partial charge in [0.25, 0.3) is 0 Å². The first-order valence-electron chi connectivity index (χ1n) is 6.13. The topological polar surface area (TPSA) is 101 Å². The monoisotopic (exact) mass is 283 g/mol. The number of carbonyl (C=O) groups excluding carboxylic acids is 1. The second-order valence-electron chi connectivity index (χ2n) is 4.33. The van der Waals surface area contributed by atoms with Gasteiger partial charge in [-0.25, -0.2) is 4.79 Å². The zero-order valence-corrected chi connectivity index (χ0v) is 11.0. The summed E-state index contributed by atoms with van der Waals surface area (Å²) in [6, 6.07) is 10.8. The molecule has 0 amide bonds. The second-order valence-corrected chi connectivity index (χ2v) is 4.33. The number of aromatic hydroxyl groups is 1. The van der Waals surface area contributed by atoms with Crippen LogP contribution in [0.25, 0.3) is 6.08 Å². The molecule has 0 aliphatic carbocycles. The van der Waals surface area contributed by atoms with Gasteiger partial charge in [-0.15, -0.1) is 0 Å². The van der Waals surface area contributed by atoms with Gasteiger partial charge in [-0.3, -0.25) is 4.79 Å². The maximum atomic E-state index is 12.1. The SMILES string of the molecule is Nc1c(C(=O)O)cccc1C(=O)/C=C/c1ccccc1O. The summed E-state index contributed by atoms with van der Waals surface area (Å²) >= 11 is 0. The maximum absolute atomic E-state index is 12.1. The smallest absolute Gasteiger partial charge is 0.337 e. The number of carbonyl (C=O) groups is 2. The molecular weight excluding hydrogens is 270 g/mol. The highest BCUT2D eigenvalue weighted by molar-refractivity contribution is 6.12. The van der Waals surface area contributed by atoms with Gasteiger partial charge in [-0.1, -0.05) is 24.3 Å². The second kappa shape index (κ2) is 5.92. The number of rotatable bonds is 4. The standard InChI is InChI=1S/C16H13NO4/c17-15-11(5-3-6-12(15)16(20)21)14(19)9-8-10-4-1-2-7-13(10)18/h1-9,18H,17H2,(H,20,21)/b9-8+. The number of benzene rings is 2. The van der Waals surface area contributed by atoms with E-state index in [9.17, 15) is 14.7 Å². The number of nitrogens with two attached hydrogens (primary N) is 1. The minimum absolute atomic E-state index is 0.0498. The number of carboxylic acid groups (broad SMARTS) is 1. The van der Waals surface area contributed by atoms with E-state index < -0.39 is 11.8 Å². The number of hydrogen-bond acceptors (Lipinski definition) is 4. The van der Waals surface area contributed by atoms with Crippen LogP contribution in [-0.2, 0) is 0 Å². The van der Waals surface area contributed by atoms with Crippen molar-refractivity contribution in [2.24, 2.45) is 0 Å². The number of ketones is 1. The van der Waals surface area contributed by atoms with Gasteiger partial charge < -0.3 is 15.9 Å². The van der Waals surface area contributed by atoms with E-state index >= 15 is 0 Å². The normalized spacial score (nSPS) is 10.7. The molecule has 2 aromatic carbocycles. The van der Waals surface area contributed by atoms with Crippen molar-refractivity contribution in [1.29, 1.82) is 0 Å². The van der Waals surface area contributed by atoms with Crippen molar-refractivity contribution in [2.75, 3.05) is 5.73 Å². The fraction of sp³-hybridized carbons (Fsp3) is 0. The number of phenols is 1. The molecule has 0 unspecified atom stereocenters. The predicted molar refractivity (Wildman–Crippen MR) is 79.3 cm³/mol. The maximum Gasteiger partial charge on any atom is 0.337 e. The van der Waals surface area contributed by atoms with Crippen LogP contribution in [0.3, 0.4) is 0 Å². The highest BCUT2D eigenvalue weighted by atomic mass is 16.4. The van der Waals surface area contributed by atoms with Gasteiger partial charge in [-0.2, -0.15) is 0 Å². The lowest BCUT2D eigenvalue weighted by Crippen LogP contribution is -2.08. The number of hydrogen-bond donors (Lipinski definition) is 3. The Kier molecular flexibility index (Phi) is 4.04. The first-order valence-corrected chi connectivity index (χ1v) is 6.13. The summed E-state index contributed by atoms with van der Waals surface area (Å²) in [6.07, 6.45) is 2.69. The van der Waals surface area contributed by atoms with Gasteiger partial charge in [0.15, 0.2) is 5.78 Å². The van der Waals surface area contributed by atoms with E-state index in [1.165, 1.54) is 36.4 Å². The van der Waals surface area contributed by atoms with Crippen molar-refractivity contribution in [3.8, 4) is 5.75 Å². The number of aromatic carboxylic acids is 1. The molecule has 0 saturated heterocycles. The molecule has 0 aliphatic rings. The van der Waals surface area contributed by atoms with Crippen molar-refractivity contribution in [1.82, 2.24) is 0 Å². The minimum Gasteiger partial charge on any atom is -0.507 e. The highest BCUT2D eigenvalue weighted by Crippen LogP contribution is 2.21. The Morgan fingerprint density at radius 1 is 1.00 bits per heavy atom. The molecule has 0 saturated carbocycles. The number of allylic oxidation sites excluding steroid dienone is 1. The Balaban J connectivity index is 2.32. The van der Waals surface area contributed by atoms with Crippen LogP contribution in [0.1, 0.15) is 26.3 Å². The third kappa shape index (κ3) is 3.09. The van der Waals surface area contributed by atoms with Crippen LogP contribution in [0.5, 0.6) is 5.75 Å². The van der Waals surface area contributed by atoms with Crippen molar-refractivity contribution in [3.63, 3.8) is 0 Å². The first kappa shape index (κ1) is 14.3. The van der Waals surface area contributed by atoms with Crippen molar-refractivity contribution in [3.05, 3.63) is 65.2 Å². The number of carboxylic acids is 1. The van der Waals surface area contributed by atoms with Crippen LogP contribution >= 0.6 is 0 Å². The Bertz CT molecular complexity index is 735. The molecule has 5 nitrogen and oxygen atoms in total. The minimum atomic E-state index is -1.19. The number of nitrogen functional groups attached to an aromatic ring is 1. The quantitative estimate of drug-likeness (QED) is 0.455. The molecule has 0 aromatic heterocycles. The lowest BCUT2D eigenvalue weighted by atomic mass is 10.0. The predicted octanol–water partition coefficient (Wildman–Crippen LogP) is 2.57. The molecule has 0 spiro atoms. The van der Waals surface area contributed by atoms with Crippen LogP contribution < -0.4 is 5.73 Å². The molecule has 2 rings (SSSR count). The Hall–Kier alpha value is -3.08. The first-order chi connectivity index (χ1) is 10.0. The summed E-state index contributed by atoms with van der Waals surface area (Å²) in [5.74, 6) is -1.57. The Labute approximate surface area is 121 Å².